The Kier molecular flexibility index (Phi) is 4.91. The Morgan fingerprint density at radius 2 is 1.75 bits per heavy atom. The first kappa shape index (κ1) is 15.2. The Hall–Kier alpha value is -1.24. The molecule has 2 aromatic carbocycles. The minimum Gasteiger partial charge on any atom is -0.332 e. The first-order valence-electron chi connectivity index (χ1n) is 5.44. The second kappa shape index (κ2) is 6.47. The number of hydrogen-bond acceptors (Lipinski definition) is 1. The molecule has 0 saturated carbocycles. The number of benzene rings is 2. The number of halogens is 4. The summed E-state index contributed by atoms with van der Waals surface area (Å²) in [7, 11) is 0. The third-order valence-corrected chi connectivity index (χ3v) is 3.22. The van der Waals surface area contributed by atoms with Crippen molar-refractivity contribution in [3.63, 3.8) is 0 Å². The van der Waals surface area contributed by atoms with Gasteiger partial charge in [-0.3, -0.25) is 0 Å². The van der Waals surface area contributed by atoms with Crippen LogP contribution in [-0.2, 0) is 0 Å². The van der Waals surface area contributed by atoms with E-state index in [1.165, 1.54) is 0 Å². The summed E-state index contributed by atoms with van der Waals surface area (Å²) >= 11 is 13.8. The van der Waals surface area contributed by atoms with E-state index in [4.69, 9.17) is 23.8 Å². The van der Waals surface area contributed by atoms with E-state index in [0.717, 1.165) is 12.1 Å². The van der Waals surface area contributed by atoms with Crippen molar-refractivity contribution < 1.29 is 8.78 Å². The highest BCUT2D eigenvalue weighted by molar-refractivity contribution is 9.10. The van der Waals surface area contributed by atoms with E-state index in [1.807, 2.05) is 0 Å². The van der Waals surface area contributed by atoms with Crippen LogP contribution in [0.2, 0.25) is 5.02 Å². The van der Waals surface area contributed by atoms with Crippen molar-refractivity contribution in [2.24, 2.45) is 0 Å². The summed E-state index contributed by atoms with van der Waals surface area (Å²) < 4.78 is 27.6. The molecule has 0 amide bonds. The van der Waals surface area contributed by atoms with E-state index in [0.29, 0.717) is 15.2 Å². The molecule has 2 rings (SSSR count). The Morgan fingerprint density at radius 3 is 2.35 bits per heavy atom. The van der Waals surface area contributed by atoms with Crippen LogP contribution in [0.1, 0.15) is 0 Å². The summed E-state index contributed by atoms with van der Waals surface area (Å²) in [6, 6.07) is 9.10. The molecule has 0 atom stereocenters. The molecule has 0 heterocycles. The minimum atomic E-state index is -0.743. The van der Waals surface area contributed by atoms with Gasteiger partial charge in [-0.2, -0.15) is 0 Å². The van der Waals surface area contributed by atoms with E-state index in [1.54, 1.807) is 24.3 Å². The van der Waals surface area contributed by atoms with Crippen LogP contribution >= 0.6 is 39.7 Å². The molecule has 0 unspecified atom stereocenters. The monoisotopic (exact) mass is 376 g/mol. The lowest BCUT2D eigenvalue weighted by Crippen LogP contribution is -2.20. The maximum absolute atomic E-state index is 13.6. The lowest BCUT2D eigenvalue weighted by molar-refractivity contribution is 0.590. The lowest BCUT2D eigenvalue weighted by Gasteiger charge is -2.12. The zero-order chi connectivity index (χ0) is 14.7. The average molecular weight is 378 g/mol. The minimum absolute atomic E-state index is 0.0624. The van der Waals surface area contributed by atoms with Crippen molar-refractivity contribution in [3.05, 3.63) is 57.5 Å². The number of rotatable bonds is 2. The Bertz CT molecular complexity index is 644. The highest BCUT2D eigenvalue weighted by Gasteiger charge is 2.12. The second-order valence-electron chi connectivity index (χ2n) is 3.83. The van der Waals surface area contributed by atoms with Gasteiger partial charge in [0.25, 0.3) is 0 Å². The fourth-order valence-electron chi connectivity index (χ4n) is 1.50. The van der Waals surface area contributed by atoms with Crippen LogP contribution in [0, 0.1) is 11.6 Å². The van der Waals surface area contributed by atoms with Crippen molar-refractivity contribution in [2.45, 2.75) is 0 Å². The second-order valence-corrected chi connectivity index (χ2v) is 5.59. The van der Waals surface area contributed by atoms with E-state index in [-0.39, 0.29) is 10.8 Å². The molecule has 0 saturated heterocycles. The largest absolute Gasteiger partial charge is 0.332 e. The molecule has 0 bridgehead atoms. The molecule has 20 heavy (non-hydrogen) atoms. The van der Waals surface area contributed by atoms with Crippen LogP contribution in [0.15, 0.2) is 40.9 Å². The smallest absolute Gasteiger partial charge is 0.175 e. The molecule has 104 valence electrons. The van der Waals surface area contributed by atoms with E-state index in [9.17, 15) is 8.78 Å². The Labute approximate surface area is 133 Å². The fraction of sp³-hybridized carbons (Fsp3) is 0. The topological polar surface area (TPSA) is 24.1 Å². The maximum Gasteiger partial charge on any atom is 0.175 e. The lowest BCUT2D eigenvalue weighted by atomic mass is 10.3. The number of thiocarbonyl (C=S) groups is 1. The normalized spacial score (nSPS) is 10.2. The highest BCUT2D eigenvalue weighted by Crippen LogP contribution is 2.24. The first-order valence-corrected chi connectivity index (χ1v) is 7.02. The summed E-state index contributed by atoms with van der Waals surface area (Å²) in [6.45, 7) is 0. The van der Waals surface area contributed by atoms with Crippen molar-refractivity contribution in [3.8, 4) is 0 Å². The number of anilines is 2. The molecule has 0 aliphatic rings. The van der Waals surface area contributed by atoms with Crippen molar-refractivity contribution >= 4 is 56.2 Å². The molecule has 0 radical (unpaired) electrons. The van der Waals surface area contributed by atoms with Gasteiger partial charge in [-0.05, 0) is 42.5 Å². The van der Waals surface area contributed by atoms with Gasteiger partial charge in [0.15, 0.2) is 16.7 Å². The van der Waals surface area contributed by atoms with Gasteiger partial charge in [-0.25, -0.2) is 8.78 Å². The summed E-state index contributed by atoms with van der Waals surface area (Å²) in [6.07, 6.45) is 0. The van der Waals surface area contributed by atoms with Crippen molar-refractivity contribution in [1.29, 1.82) is 0 Å². The van der Waals surface area contributed by atoms with Crippen LogP contribution in [-0.4, -0.2) is 5.11 Å². The van der Waals surface area contributed by atoms with Gasteiger partial charge in [-0.1, -0.05) is 33.6 Å². The maximum atomic E-state index is 13.6. The van der Waals surface area contributed by atoms with Crippen LogP contribution in [0.25, 0.3) is 0 Å². The molecule has 0 aromatic heterocycles. The average Bonchev–Trinajstić information content (AvgIpc) is 2.33. The number of hydrogen-bond donors (Lipinski definition) is 2. The molecule has 2 N–H and O–H groups in total. The number of nitrogens with one attached hydrogen (secondary N) is 2. The molecule has 0 fully saturated rings. The Morgan fingerprint density at radius 1 is 1.10 bits per heavy atom. The zero-order valence-electron chi connectivity index (χ0n) is 9.88. The summed E-state index contributed by atoms with van der Waals surface area (Å²) in [5.74, 6) is -1.49. The van der Waals surface area contributed by atoms with Gasteiger partial charge in [0.2, 0.25) is 0 Å². The van der Waals surface area contributed by atoms with Gasteiger partial charge in [0.1, 0.15) is 5.69 Å². The third-order valence-electron chi connectivity index (χ3n) is 2.33. The van der Waals surface area contributed by atoms with Crippen LogP contribution in [0.5, 0.6) is 0 Å². The zero-order valence-corrected chi connectivity index (χ0v) is 13.0. The standard InChI is InChI=1S/C13H8BrClF2N2S/c14-7-4-10(16)12(11(17)5-7)19-13(20)18-9-3-1-2-8(15)6-9/h1-6H,(H2,18,19,20). The first-order chi connectivity index (χ1) is 9.45. The SMILES string of the molecule is Fc1cc(Br)cc(F)c1NC(=S)Nc1cccc(Cl)c1. The molecular weight excluding hydrogens is 370 g/mol. The summed E-state index contributed by atoms with van der Waals surface area (Å²) in [5.41, 5.74) is 0.306. The molecule has 2 aromatic rings. The van der Waals surface area contributed by atoms with Gasteiger partial charge >= 0.3 is 0 Å². The Balaban J connectivity index is 2.13. The van der Waals surface area contributed by atoms with Gasteiger partial charge in [-0.15, -0.1) is 0 Å². The molecule has 0 aliphatic heterocycles. The van der Waals surface area contributed by atoms with Gasteiger partial charge in [0, 0.05) is 15.2 Å². The summed E-state index contributed by atoms with van der Waals surface area (Å²) in [5, 5.41) is 5.86. The van der Waals surface area contributed by atoms with E-state index >= 15 is 0 Å². The third kappa shape index (κ3) is 3.88. The molecular formula is C13H8BrClF2N2S. The van der Waals surface area contributed by atoms with Crippen LogP contribution in [0.4, 0.5) is 20.2 Å². The highest BCUT2D eigenvalue weighted by atomic mass is 79.9. The van der Waals surface area contributed by atoms with Crippen molar-refractivity contribution in [2.75, 3.05) is 10.6 Å². The van der Waals surface area contributed by atoms with Gasteiger partial charge < -0.3 is 10.6 Å². The summed E-state index contributed by atoms with van der Waals surface area (Å²) in [4.78, 5) is 0. The predicted molar refractivity (Wildman–Crippen MR) is 85.4 cm³/mol. The van der Waals surface area contributed by atoms with Crippen molar-refractivity contribution in [1.82, 2.24) is 0 Å². The molecule has 2 nitrogen and oxygen atoms in total. The predicted octanol–water partition coefficient (Wildman–Crippen LogP) is 5.19. The van der Waals surface area contributed by atoms with Crippen LogP contribution in [0.3, 0.4) is 0 Å². The molecule has 7 heteroatoms. The molecule has 0 spiro atoms. The quantitative estimate of drug-likeness (QED) is 0.704. The molecule has 0 aliphatic carbocycles. The van der Waals surface area contributed by atoms with Crippen LogP contribution < -0.4 is 10.6 Å². The fourth-order valence-corrected chi connectivity index (χ4v) is 2.32. The van der Waals surface area contributed by atoms with E-state index in [2.05, 4.69) is 26.6 Å². The van der Waals surface area contributed by atoms with Gasteiger partial charge in [0.05, 0.1) is 0 Å². The van der Waals surface area contributed by atoms with E-state index < -0.39 is 11.6 Å².